The lowest BCUT2D eigenvalue weighted by Gasteiger charge is -2.12. The fourth-order valence-electron chi connectivity index (χ4n) is 1.42. The van der Waals surface area contributed by atoms with Crippen molar-refractivity contribution in [1.29, 1.82) is 0 Å². The van der Waals surface area contributed by atoms with Gasteiger partial charge in [0, 0.05) is 21.4 Å². The molecule has 2 amide bonds. The summed E-state index contributed by atoms with van der Waals surface area (Å²) in [6.07, 6.45) is 0.631. The van der Waals surface area contributed by atoms with Gasteiger partial charge in [0.15, 0.2) is 0 Å². The molecule has 0 unspecified atom stereocenters. The monoisotopic (exact) mass is 377 g/mol. The first kappa shape index (κ1) is 13.3. The van der Waals surface area contributed by atoms with Crippen molar-refractivity contribution in [2.75, 3.05) is 5.32 Å². The summed E-state index contributed by atoms with van der Waals surface area (Å²) >= 11 is 7.91. The third-order valence-electron chi connectivity index (χ3n) is 2.35. The number of nitrogens with one attached hydrogen (secondary N) is 2. The topological polar surface area (TPSA) is 70.6 Å². The van der Waals surface area contributed by atoms with Crippen molar-refractivity contribution in [3.63, 3.8) is 0 Å². The highest BCUT2D eigenvalue weighted by Crippen LogP contribution is 2.22. The van der Waals surface area contributed by atoms with Crippen LogP contribution in [0.5, 0.6) is 0 Å². The van der Waals surface area contributed by atoms with Gasteiger partial charge in [-0.2, -0.15) is 5.10 Å². The number of rotatable bonds is 2. The molecule has 5 nitrogen and oxygen atoms in total. The summed E-state index contributed by atoms with van der Waals surface area (Å²) in [4.78, 5) is 22.8. The van der Waals surface area contributed by atoms with Gasteiger partial charge in [0.05, 0.1) is 5.69 Å². The van der Waals surface area contributed by atoms with E-state index >= 15 is 0 Å². The van der Waals surface area contributed by atoms with Gasteiger partial charge in [0.1, 0.15) is 5.71 Å². The Morgan fingerprint density at radius 1 is 1.44 bits per heavy atom. The van der Waals surface area contributed by atoms with E-state index in [0.29, 0.717) is 22.8 Å². The Labute approximate surface area is 122 Å². The Balaban J connectivity index is 2.09. The van der Waals surface area contributed by atoms with Crippen LogP contribution in [0.1, 0.15) is 12.8 Å². The number of carbonyl (C=O) groups excluding carboxylic acids is 2. The molecule has 18 heavy (non-hydrogen) atoms. The number of amides is 2. The average molecular weight is 378 g/mol. The molecular weight excluding hydrogens is 368 g/mol. The van der Waals surface area contributed by atoms with Crippen LogP contribution in [0.2, 0.25) is 5.02 Å². The second-order valence-electron chi connectivity index (χ2n) is 3.67. The van der Waals surface area contributed by atoms with Gasteiger partial charge in [-0.15, -0.1) is 0 Å². The smallest absolute Gasteiger partial charge is 0.271 e. The van der Waals surface area contributed by atoms with Crippen LogP contribution in [0.25, 0.3) is 0 Å². The van der Waals surface area contributed by atoms with Crippen molar-refractivity contribution >= 4 is 57.4 Å². The quantitative estimate of drug-likeness (QED) is 0.775. The molecule has 0 spiro atoms. The summed E-state index contributed by atoms with van der Waals surface area (Å²) in [7, 11) is 0. The molecule has 94 valence electrons. The highest BCUT2D eigenvalue weighted by molar-refractivity contribution is 14.1. The van der Waals surface area contributed by atoms with Gasteiger partial charge in [0.25, 0.3) is 5.91 Å². The molecule has 7 heteroatoms. The molecule has 1 aliphatic heterocycles. The lowest BCUT2D eigenvalue weighted by molar-refractivity contribution is -0.121. The van der Waals surface area contributed by atoms with Gasteiger partial charge in [-0.3, -0.25) is 9.59 Å². The molecule has 1 aromatic carbocycles. The van der Waals surface area contributed by atoms with Crippen LogP contribution in [0.3, 0.4) is 0 Å². The van der Waals surface area contributed by atoms with E-state index in [1.165, 1.54) is 0 Å². The summed E-state index contributed by atoms with van der Waals surface area (Å²) in [5.41, 5.74) is 3.28. The lowest BCUT2D eigenvalue weighted by Crippen LogP contribution is -2.32. The number of anilines is 1. The van der Waals surface area contributed by atoms with E-state index in [1.54, 1.807) is 18.2 Å². The maximum Gasteiger partial charge on any atom is 0.271 e. The summed E-state index contributed by atoms with van der Waals surface area (Å²) in [5, 5.41) is 7.08. The van der Waals surface area contributed by atoms with E-state index in [9.17, 15) is 9.59 Å². The van der Waals surface area contributed by atoms with E-state index in [4.69, 9.17) is 11.6 Å². The highest BCUT2D eigenvalue weighted by atomic mass is 127. The number of hydrazone groups is 1. The fourth-order valence-corrected chi connectivity index (χ4v) is 2.43. The first-order valence-electron chi connectivity index (χ1n) is 5.18. The van der Waals surface area contributed by atoms with Crippen LogP contribution in [-0.2, 0) is 9.59 Å². The second kappa shape index (κ2) is 5.66. The summed E-state index contributed by atoms with van der Waals surface area (Å²) in [6.45, 7) is 0. The molecule has 2 N–H and O–H groups in total. The van der Waals surface area contributed by atoms with Crippen molar-refractivity contribution in [3.8, 4) is 0 Å². The molecule has 2 rings (SSSR count). The van der Waals surface area contributed by atoms with Gasteiger partial charge in [-0.1, -0.05) is 11.6 Å². The number of benzene rings is 1. The van der Waals surface area contributed by atoms with E-state index in [-0.39, 0.29) is 18.2 Å². The average Bonchev–Trinajstić information content (AvgIpc) is 2.33. The maximum atomic E-state index is 11.9. The van der Waals surface area contributed by atoms with E-state index in [1.807, 2.05) is 0 Å². The molecule has 0 saturated heterocycles. The Bertz CT molecular complexity index is 545. The SMILES string of the molecule is O=C1CCC(C(=O)Nc2ccc(Cl)cc2I)=NN1. The highest BCUT2D eigenvalue weighted by Gasteiger charge is 2.18. The van der Waals surface area contributed by atoms with Gasteiger partial charge < -0.3 is 5.32 Å². The van der Waals surface area contributed by atoms with Gasteiger partial charge in [-0.05, 0) is 40.8 Å². The molecular formula is C11H9ClIN3O2. The third kappa shape index (κ3) is 3.20. The molecule has 1 heterocycles. The molecule has 1 aromatic rings. The standard InChI is InChI=1S/C11H9ClIN3O2/c12-6-1-2-8(7(13)5-6)14-11(18)9-3-4-10(17)16-15-9/h1-2,5H,3-4H2,(H,14,18)(H,16,17). The molecule has 0 fully saturated rings. The largest absolute Gasteiger partial charge is 0.320 e. The van der Waals surface area contributed by atoms with Gasteiger partial charge >= 0.3 is 0 Å². The lowest BCUT2D eigenvalue weighted by atomic mass is 10.1. The normalized spacial score (nSPS) is 14.8. The molecule has 0 radical (unpaired) electrons. The minimum Gasteiger partial charge on any atom is -0.320 e. The Kier molecular flexibility index (Phi) is 4.18. The Morgan fingerprint density at radius 3 is 2.83 bits per heavy atom. The van der Waals surface area contributed by atoms with Crippen molar-refractivity contribution in [2.45, 2.75) is 12.8 Å². The first-order chi connectivity index (χ1) is 8.56. The van der Waals surface area contributed by atoms with Crippen LogP contribution >= 0.6 is 34.2 Å². The van der Waals surface area contributed by atoms with Crippen LogP contribution in [-0.4, -0.2) is 17.5 Å². The second-order valence-corrected chi connectivity index (χ2v) is 5.27. The van der Waals surface area contributed by atoms with E-state index < -0.39 is 0 Å². The van der Waals surface area contributed by atoms with Crippen molar-refractivity contribution < 1.29 is 9.59 Å². The van der Waals surface area contributed by atoms with Gasteiger partial charge in [-0.25, -0.2) is 5.43 Å². The number of carbonyl (C=O) groups is 2. The zero-order valence-electron chi connectivity index (χ0n) is 9.17. The maximum absolute atomic E-state index is 11.9. The van der Waals surface area contributed by atoms with E-state index in [2.05, 4.69) is 38.4 Å². The minimum absolute atomic E-state index is 0.173. The molecule has 0 aliphatic carbocycles. The molecule has 0 saturated carbocycles. The Hall–Kier alpha value is -1.15. The molecule has 0 bridgehead atoms. The number of halogens is 2. The van der Waals surface area contributed by atoms with Crippen LogP contribution in [0.15, 0.2) is 23.3 Å². The van der Waals surface area contributed by atoms with Crippen LogP contribution in [0, 0.1) is 3.57 Å². The summed E-state index contributed by atoms with van der Waals surface area (Å²) < 4.78 is 0.842. The van der Waals surface area contributed by atoms with Crippen LogP contribution < -0.4 is 10.7 Å². The number of nitrogens with zero attached hydrogens (tertiary/aromatic N) is 1. The summed E-state index contributed by atoms with van der Waals surface area (Å²) in [6, 6.07) is 5.18. The zero-order valence-corrected chi connectivity index (χ0v) is 12.1. The molecule has 1 aliphatic rings. The van der Waals surface area contributed by atoms with Crippen molar-refractivity contribution in [2.24, 2.45) is 5.10 Å². The third-order valence-corrected chi connectivity index (χ3v) is 3.47. The summed E-state index contributed by atoms with van der Waals surface area (Å²) in [5.74, 6) is -0.483. The molecule has 0 atom stereocenters. The Morgan fingerprint density at radius 2 is 2.22 bits per heavy atom. The number of hydrogen-bond acceptors (Lipinski definition) is 3. The fraction of sp³-hybridized carbons (Fsp3) is 0.182. The predicted molar refractivity (Wildman–Crippen MR) is 77.6 cm³/mol. The van der Waals surface area contributed by atoms with Crippen molar-refractivity contribution in [1.82, 2.24) is 5.43 Å². The predicted octanol–water partition coefficient (Wildman–Crippen LogP) is 2.15. The minimum atomic E-state index is -0.310. The first-order valence-corrected chi connectivity index (χ1v) is 6.64. The van der Waals surface area contributed by atoms with Crippen molar-refractivity contribution in [3.05, 3.63) is 26.8 Å². The molecule has 0 aromatic heterocycles. The zero-order chi connectivity index (χ0) is 13.1. The number of hydrogen-bond donors (Lipinski definition) is 2. The van der Waals surface area contributed by atoms with Gasteiger partial charge in [0.2, 0.25) is 5.91 Å². The van der Waals surface area contributed by atoms with E-state index in [0.717, 1.165) is 3.57 Å². The van der Waals surface area contributed by atoms with Crippen LogP contribution in [0.4, 0.5) is 5.69 Å².